The molecule has 1 atom stereocenters. The predicted octanol–water partition coefficient (Wildman–Crippen LogP) is 1.72. The zero-order valence-corrected chi connectivity index (χ0v) is 11.1. The standard InChI is InChI=1S/C12H16O5S/c1-9(3-8-12(13)14)17-10-4-6-11(7-5-10)18(2,15)16/h4-7,9H,3,8H2,1-2H3,(H,13,14). The first-order valence-electron chi connectivity index (χ1n) is 5.47. The van der Waals surface area contributed by atoms with E-state index in [0.29, 0.717) is 12.2 Å². The number of benzene rings is 1. The van der Waals surface area contributed by atoms with Crippen LogP contribution in [0.2, 0.25) is 0 Å². The van der Waals surface area contributed by atoms with Crippen LogP contribution in [-0.2, 0) is 14.6 Å². The Morgan fingerprint density at radius 1 is 1.33 bits per heavy atom. The van der Waals surface area contributed by atoms with E-state index in [4.69, 9.17) is 9.84 Å². The third-order valence-corrected chi connectivity index (χ3v) is 3.48. The molecule has 18 heavy (non-hydrogen) atoms. The molecule has 6 heteroatoms. The molecule has 1 N–H and O–H groups in total. The van der Waals surface area contributed by atoms with Gasteiger partial charge in [-0.05, 0) is 37.6 Å². The minimum absolute atomic E-state index is 0.0442. The molecule has 1 aromatic rings. The zero-order valence-electron chi connectivity index (χ0n) is 10.3. The molecule has 0 aliphatic rings. The molecule has 0 aromatic heterocycles. The topological polar surface area (TPSA) is 80.7 Å². The molecule has 0 bridgehead atoms. The smallest absolute Gasteiger partial charge is 0.303 e. The van der Waals surface area contributed by atoms with Crippen molar-refractivity contribution in [3.63, 3.8) is 0 Å². The van der Waals surface area contributed by atoms with Crippen LogP contribution in [0.15, 0.2) is 29.2 Å². The van der Waals surface area contributed by atoms with E-state index in [1.807, 2.05) is 0 Å². The predicted molar refractivity (Wildman–Crippen MR) is 66.5 cm³/mol. The van der Waals surface area contributed by atoms with Crippen LogP contribution in [0.4, 0.5) is 0 Å². The molecule has 0 saturated carbocycles. The summed E-state index contributed by atoms with van der Waals surface area (Å²) in [7, 11) is -3.20. The fourth-order valence-corrected chi connectivity index (χ4v) is 2.01. The SMILES string of the molecule is CC(CCC(=O)O)Oc1ccc(S(C)(=O)=O)cc1. The molecule has 0 amide bonds. The van der Waals surface area contributed by atoms with E-state index in [1.54, 1.807) is 19.1 Å². The van der Waals surface area contributed by atoms with Crippen LogP contribution in [-0.4, -0.2) is 31.9 Å². The van der Waals surface area contributed by atoms with E-state index in [0.717, 1.165) is 6.26 Å². The molecule has 1 aromatic carbocycles. The van der Waals surface area contributed by atoms with Gasteiger partial charge in [-0.2, -0.15) is 0 Å². The van der Waals surface area contributed by atoms with E-state index in [1.165, 1.54) is 12.1 Å². The van der Waals surface area contributed by atoms with Crippen LogP contribution in [0.3, 0.4) is 0 Å². The number of sulfone groups is 1. The molecule has 0 fully saturated rings. The van der Waals surface area contributed by atoms with Gasteiger partial charge in [-0.25, -0.2) is 8.42 Å². The number of carboxylic acids is 1. The van der Waals surface area contributed by atoms with Gasteiger partial charge in [0, 0.05) is 12.7 Å². The summed E-state index contributed by atoms with van der Waals surface area (Å²) in [4.78, 5) is 10.6. The lowest BCUT2D eigenvalue weighted by molar-refractivity contribution is -0.137. The van der Waals surface area contributed by atoms with Crippen LogP contribution in [0, 0.1) is 0 Å². The highest BCUT2D eigenvalue weighted by Gasteiger charge is 2.09. The van der Waals surface area contributed by atoms with Crippen LogP contribution in [0.1, 0.15) is 19.8 Å². The van der Waals surface area contributed by atoms with Crippen molar-refractivity contribution in [3.05, 3.63) is 24.3 Å². The third-order valence-electron chi connectivity index (χ3n) is 2.35. The molecule has 0 aliphatic carbocycles. The third kappa shape index (κ3) is 4.75. The van der Waals surface area contributed by atoms with Crippen LogP contribution < -0.4 is 4.74 Å². The first-order valence-corrected chi connectivity index (χ1v) is 7.37. The number of aliphatic carboxylic acids is 1. The number of hydrogen-bond donors (Lipinski definition) is 1. The van der Waals surface area contributed by atoms with Gasteiger partial charge in [0.1, 0.15) is 5.75 Å². The molecule has 0 saturated heterocycles. The second-order valence-electron chi connectivity index (χ2n) is 4.10. The lowest BCUT2D eigenvalue weighted by atomic mass is 10.2. The number of hydrogen-bond acceptors (Lipinski definition) is 4. The summed E-state index contributed by atoms with van der Waals surface area (Å²) in [6, 6.07) is 6.06. The quantitative estimate of drug-likeness (QED) is 0.852. The number of carboxylic acid groups (broad SMARTS) is 1. The lowest BCUT2D eigenvalue weighted by Crippen LogP contribution is -2.13. The average molecular weight is 272 g/mol. The van der Waals surface area contributed by atoms with Crippen molar-refractivity contribution in [3.8, 4) is 5.75 Å². The Morgan fingerprint density at radius 3 is 2.33 bits per heavy atom. The summed E-state index contributed by atoms with van der Waals surface area (Å²) < 4.78 is 27.9. The van der Waals surface area contributed by atoms with Crippen molar-refractivity contribution in [1.29, 1.82) is 0 Å². The highest BCUT2D eigenvalue weighted by molar-refractivity contribution is 7.90. The summed E-state index contributed by atoms with van der Waals surface area (Å²) in [6.45, 7) is 1.77. The Labute approximate surface area is 106 Å². The van der Waals surface area contributed by atoms with E-state index in [-0.39, 0.29) is 17.4 Å². The Bertz CT molecular complexity index is 504. The Kier molecular flexibility index (Phi) is 4.72. The summed E-state index contributed by atoms with van der Waals surface area (Å²) >= 11 is 0. The van der Waals surface area contributed by atoms with Gasteiger partial charge in [0.2, 0.25) is 0 Å². The second-order valence-corrected chi connectivity index (χ2v) is 6.12. The second kappa shape index (κ2) is 5.86. The van der Waals surface area contributed by atoms with Crippen molar-refractivity contribution in [2.45, 2.75) is 30.8 Å². The molecule has 100 valence electrons. The Morgan fingerprint density at radius 2 is 1.89 bits per heavy atom. The van der Waals surface area contributed by atoms with E-state index in [9.17, 15) is 13.2 Å². The molecule has 1 rings (SSSR count). The molecule has 0 spiro atoms. The molecular formula is C12H16O5S. The molecule has 0 heterocycles. The molecule has 5 nitrogen and oxygen atoms in total. The maximum Gasteiger partial charge on any atom is 0.303 e. The first kappa shape index (κ1) is 14.5. The highest BCUT2D eigenvalue weighted by Crippen LogP contribution is 2.18. The molecule has 1 unspecified atom stereocenters. The van der Waals surface area contributed by atoms with Crippen LogP contribution >= 0.6 is 0 Å². The maximum absolute atomic E-state index is 11.2. The molecule has 0 radical (unpaired) electrons. The number of rotatable bonds is 6. The van der Waals surface area contributed by atoms with Crippen molar-refractivity contribution in [2.75, 3.05) is 6.26 Å². The highest BCUT2D eigenvalue weighted by atomic mass is 32.2. The van der Waals surface area contributed by atoms with Gasteiger partial charge in [0.25, 0.3) is 0 Å². The van der Waals surface area contributed by atoms with Crippen molar-refractivity contribution in [2.24, 2.45) is 0 Å². The molecule has 0 aliphatic heterocycles. The van der Waals surface area contributed by atoms with Gasteiger partial charge < -0.3 is 9.84 Å². The summed E-state index contributed by atoms with van der Waals surface area (Å²) in [5, 5.41) is 8.53. The van der Waals surface area contributed by atoms with Gasteiger partial charge in [0.05, 0.1) is 11.0 Å². The van der Waals surface area contributed by atoms with Gasteiger partial charge in [-0.15, -0.1) is 0 Å². The summed E-state index contributed by atoms with van der Waals surface area (Å²) in [5.41, 5.74) is 0. The lowest BCUT2D eigenvalue weighted by Gasteiger charge is -2.13. The van der Waals surface area contributed by atoms with E-state index < -0.39 is 15.8 Å². The minimum Gasteiger partial charge on any atom is -0.491 e. The monoisotopic (exact) mass is 272 g/mol. The van der Waals surface area contributed by atoms with Gasteiger partial charge in [-0.1, -0.05) is 0 Å². The van der Waals surface area contributed by atoms with Gasteiger partial charge in [-0.3, -0.25) is 4.79 Å². The number of ether oxygens (including phenoxy) is 1. The summed E-state index contributed by atoms with van der Waals surface area (Å²) in [6.07, 6.45) is 1.36. The van der Waals surface area contributed by atoms with Crippen molar-refractivity contribution < 1.29 is 23.1 Å². The largest absolute Gasteiger partial charge is 0.491 e. The first-order chi connectivity index (χ1) is 8.29. The fraction of sp³-hybridized carbons (Fsp3) is 0.417. The Balaban J connectivity index is 2.61. The zero-order chi connectivity index (χ0) is 13.8. The van der Waals surface area contributed by atoms with Crippen LogP contribution in [0.5, 0.6) is 5.75 Å². The Hall–Kier alpha value is -1.56. The fourth-order valence-electron chi connectivity index (χ4n) is 1.38. The van der Waals surface area contributed by atoms with E-state index in [2.05, 4.69) is 0 Å². The van der Waals surface area contributed by atoms with Crippen molar-refractivity contribution >= 4 is 15.8 Å². The number of carbonyl (C=O) groups is 1. The van der Waals surface area contributed by atoms with E-state index >= 15 is 0 Å². The van der Waals surface area contributed by atoms with Crippen LogP contribution in [0.25, 0.3) is 0 Å². The normalized spacial score (nSPS) is 13.0. The maximum atomic E-state index is 11.2. The summed E-state index contributed by atoms with van der Waals surface area (Å²) in [5.74, 6) is -0.335. The van der Waals surface area contributed by atoms with Crippen molar-refractivity contribution in [1.82, 2.24) is 0 Å². The van der Waals surface area contributed by atoms with Gasteiger partial charge >= 0.3 is 5.97 Å². The van der Waals surface area contributed by atoms with Gasteiger partial charge in [0.15, 0.2) is 9.84 Å². The molecular weight excluding hydrogens is 256 g/mol. The average Bonchev–Trinajstić information content (AvgIpc) is 2.26. The minimum atomic E-state index is -3.20.